The molecule has 1 aliphatic heterocycles. The van der Waals surface area contributed by atoms with Crippen LogP contribution < -0.4 is 10.5 Å². The Bertz CT molecular complexity index is 1240. The van der Waals surface area contributed by atoms with Crippen LogP contribution in [-0.4, -0.2) is 84.7 Å². The Morgan fingerprint density at radius 2 is 1.92 bits per heavy atom. The number of esters is 1. The average Bonchev–Trinajstić information content (AvgIpc) is 3.44. The third kappa shape index (κ3) is 6.97. The number of hydrogen-bond donors (Lipinski definition) is 4. The van der Waals surface area contributed by atoms with Crippen molar-refractivity contribution in [2.24, 2.45) is 5.92 Å². The number of ether oxygens (including phenoxy) is 3. The van der Waals surface area contributed by atoms with E-state index in [1.807, 2.05) is 13.8 Å². The number of nitrogens with zero attached hydrogens (tertiary/aromatic N) is 4. The van der Waals surface area contributed by atoms with Crippen LogP contribution in [0.3, 0.4) is 0 Å². The van der Waals surface area contributed by atoms with Gasteiger partial charge in [-0.15, -0.1) is 0 Å². The van der Waals surface area contributed by atoms with Crippen LogP contribution in [0.25, 0.3) is 11.2 Å². The Labute approximate surface area is 230 Å². The van der Waals surface area contributed by atoms with Gasteiger partial charge in [0.15, 0.2) is 28.4 Å². The zero-order chi connectivity index (χ0) is 27.9. The fourth-order valence-corrected chi connectivity index (χ4v) is 5.09. The number of carbonyl (C=O) groups excluding carboxylic acids is 1. The van der Waals surface area contributed by atoms with E-state index < -0.39 is 31.1 Å². The van der Waals surface area contributed by atoms with Gasteiger partial charge in [-0.2, -0.15) is 0 Å². The molecule has 1 aromatic carbocycles. The molecule has 0 aliphatic carbocycles. The maximum Gasteiger partial charge on any atom is 0.338 e. The number of unbranched alkanes of at least 4 members (excludes halogenated alkanes) is 2. The van der Waals surface area contributed by atoms with E-state index in [1.54, 1.807) is 28.8 Å². The number of anilines is 1. The lowest BCUT2D eigenvalue weighted by molar-refractivity contribution is -0.0548. The molecule has 0 bridgehead atoms. The second-order valence-corrected chi connectivity index (χ2v) is 10.8. The number of nitrogen functional groups attached to an aromatic ring is 1. The number of imidazole rings is 1. The molecule has 4 atom stereocenters. The minimum Gasteiger partial charge on any atom is -0.494 e. The van der Waals surface area contributed by atoms with Crippen LogP contribution in [0.2, 0.25) is 0 Å². The second-order valence-electron chi connectivity index (χ2n) is 9.70. The number of aliphatic hydroxyl groups is 3. The summed E-state index contributed by atoms with van der Waals surface area (Å²) in [6.45, 7) is 4.47. The van der Waals surface area contributed by atoms with Crippen molar-refractivity contribution in [3.05, 3.63) is 36.2 Å². The third-order valence-electron chi connectivity index (χ3n) is 6.17. The molecule has 1 fully saturated rings. The molecule has 5 N–H and O–H groups in total. The lowest BCUT2D eigenvalue weighted by Gasteiger charge is -2.19. The first-order valence-electron chi connectivity index (χ1n) is 12.9. The normalized spacial score (nSPS) is 21.1. The van der Waals surface area contributed by atoms with E-state index in [4.69, 9.17) is 19.9 Å². The van der Waals surface area contributed by atoms with Gasteiger partial charge in [0.2, 0.25) is 0 Å². The smallest absolute Gasteiger partial charge is 0.338 e. The lowest BCUT2D eigenvalue weighted by Crippen LogP contribution is -2.33. The van der Waals surface area contributed by atoms with Gasteiger partial charge in [-0.25, -0.2) is 19.7 Å². The molecule has 12 nitrogen and oxygen atoms in total. The monoisotopic (exact) mass is 561 g/mol. The molecule has 212 valence electrons. The minimum atomic E-state index is -1.27. The van der Waals surface area contributed by atoms with Gasteiger partial charge in [-0.3, -0.25) is 4.57 Å². The summed E-state index contributed by atoms with van der Waals surface area (Å²) in [6.07, 6.45) is -0.501. The Morgan fingerprint density at radius 1 is 1.15 bits per heavy atom. The van der Waals surface area contributed by atoms with E-state index >= 15 is 0 Å². The average molecular weight is 562 g/mol. The fourth-order valence-electron chi connectivity index (χ4n) is 4.08. The zero-order valence-corrected chi connectivity index (χ0v) is 22.8. The van der Waals surface area contributed by atoms with E-state index in [-0.39, 0.29) is 17.7 Å². The third-order valence-corrected chi connectivity index (χ3v) is 7.21. The molecule has 3 aromatic rings. The summed E-state index contributed by atoms with van der Waals surface area (Å²) in [4.78, 5) is 24.8. The fraction of sp³-hybridized carbons (Fsp3) is 0.538. The molecule has 39 heavy (non-hydrogen) atoms. The van der Waals surface area contributed by atoms with E-state index in [0.29, 0.717) is 40.8 Å². The summed E-state index contributed by atoms with van der Waals surface area (Å²) in [7, 11) is 0. The number of rotatable bonds is 13. The minimum absolute atomic E-state index is 0.199. The summed E-state index contributed by atoms with van der Waals surface area (Å²) in [5.74, 6) is 1.56. The number of aliphatic hydroxyl groups excluding tert-OH is 3. The molecule has 2 aromatic heterocycles. The number of hydrogen-bond acceptors (Lipinski definition) is 12. The van der Waals surface area contributed by atoms with Crippen LogP contribution >= 0.6 is 11.8 Å². The molecular weight excluding hydrogens is 526 g/mol. The van der Waals surface area contributed by atoms with Crippen LogP contribution in [0.15, 0.2) is 35.7 Å². The number of carbonyl (C=O) groups is 1. The first kappa shape index (κ1) is 29.0. The number of benzene rings is 1. The van der Waals surface area contributed by atoms with E-state index in [9.17, 15) is 20.1 Å². The molecule has 0 unspecified atom stereocenters. The van der Waals surface area contributed by atoms with Crippen molar-refractivity contribution in [2.75, 3.05) is 31.3 Å². The van der Waals surface area contributed by atoms with Gasteiger partial charge in [0.05, 0.1) is 25.4 Å². The van der Waals surface area contributed by atoms with E-state index in [1.165, 1.54) is 18.1 Å². The molecule has 13 heteroatoms. The molecule has 1 saturated heterocycles. The predicted molar refractivity (Wildman–Crippen MR) is 144 cm³/mol. The van der Waals surface area contributed by atoms with Crippen molar-refractivity contribution in [3.63, 3.8) is 0 Å². The molecule has 4 rings (SSSR count). The number of thioether (sulfide) groups is 1. The summed E-state index contributed by atoms with van der Waals surface area (Å²) in [5.41, 5.74) is 7.25. The summed E-state index contributed by atoms with van der Waals surface area (Å²) < 4.78 is 18.4. The second kappa shape index (κ2) is 13.4. The molecule has 1 aliphatic rings. The summed E-state index contributed by atoms with van der Waals surface area (Å²) in [5, 5.41) is 30.8. The van der Waals surface area contributed by atoms with Crippen molar-refractivity contribution in [1.29, 1.82) is 0 Å². The first-order chi connectivity index (χ1) is 18.8. The van der Waals surface area contributed by atoms with Crippen molar-refractivity contribution >= 4 is 34.7 Å². The molecule has 0 amide bonds. The van der Waals surface area contributed by atoms with E-state index in [0.717, 1.165) is 25.0 Å². The van der Waals surface area contributed by atoms with Crippen LogP contribution in [0, 0.1) is 5.92 Å². The molecule has 0 radical (unpaired) electrons. The Hall–Kier alpha value is -2.97. The number of fused-ring (bicyclic) bond motifs is 1. The topological polar surface area (TPSA) is 175 Å². The van der Waals surface area contributed by atoms with Gasteiger partial charge in [0.1, 0.15) is 30.4 Å². The standard InChI is InChI=1S/C26H35N5O7S/c1-15(2)13-37-25(35)16-6-8-17(9-7-16)36-10-4-3-5-11-39-26-30-19-22(27)28-14-29-23(19)31(26)24-21(34)20(33)18(12-32)38-24/h6-9,14-15,18,20-21,24,32-34H,3-5,10-13H2,1-2H3,(H2,27,28,29)/t18-,20-,21-,24-/m1/s1. The first-order valence-corrected chi connectivity index (χ1v) is 13.9. The summed E-state index contributed by atoms with van der Waals surface area (Å²) >= 11 is 1.45. The predicted octanol–water partition coefficient (Wildman–Crippen LogP) is 2.17. The number of nitrogens with two attached hydrogens (primary N) is 1. The van der Waals surface area contributed by atoms with Crippen molar-refractivity contribution in [3.8, 4) is 5.75 Å². The van der Waals surface area contributed by atoms with Crippen molar-refractivity contribution in [1.82, 2.24) is 19.5 Å². The molecule has 3 heterocycles. The van der Waals surface area contributed by atoms with Gasteiger partial charge in [0.25, 0.3) is 0 Å². The van der Waals surface area contributed by atoms with Crippen LogP contribution in [0.4, 0.5) is 5.82 Å². The lowest BCUT2D eigenvalue weighted by atomic mass is 10.1. The maximum absolute atomic E-state index is 12.0. The van der Waals surface area contributed by atoms with Gasteiger partial charge in [-0.1, -0.05) is 25.6 Å². The Kier molecular flexibility index (Phi) is 9.97. The van der Waals surface area contributed by atoms with Crippen molar-refractivity contribution in [2.45, 2.75) is 62.8 Å². The Morgan fingerprint density at radius 3 is 2.62 bits per heavy atom. The molecule has 0 spiro atoms. The highest BCUT2D eigenvalue weighted by atomic mass is 32.2. The SMILES string of the molecule is CC(C)COC(=O)c1ccc(OCCCCCSc2nc3c(N)ncnc3n2[C@@H]2O[C@H](CO)[C@@H](O)[C@H]2O)cc1. The molecule has 0 saturated carbocycles. The maximum atomic E-state index is 12.0. The van der Waals surface area contributed by atoms with Crippen LogP contribution in [-0.2, 0) is 9.47 Å². The highest BCUT2D eigenvalue weighted by molar-refractivity contribution is 7.99. The largest absolute Gasteiger partial charge is 0.494 e. The number of aromatic nitrogens is 4. The van der Waals surface area contributed by atoms with E-state index in [2.05, 4.69) is 15.0 Å². The van der Waals surface area contributed by atoms with Crippen LogP contribution in [0.1, 0.15) is 49.7 Å². The Balaban J connectivity index is 1.26. The van der Waals surface area contributed by atoms with Gasteiger partial charge < -0.3 is 35.3 Å². The highest BCUT2D eigenvalue weighted by Gasteiger charge is 2.45. The highest BCUT2D eigenvalue weighted by Crippen LogP contribution is 2.36. The zero-order valence-electron chi connectivity index (χ0n) is 22.0. The van der Waals surface area contributed by atoms with Gasteiger partial charge in [0, 0.05) is 5.75 Å². The van der Waals surface area contributed by atoms with Gasteiger partial charge in [-0.05, 0) is 49.4 Å². The van der Waals surface area contributed by atoms with Crippen LogP contribution in [0.5, 0.6) is 5.75 Å². The quantitative estimate of drug-likeness (QED) is 0.136. The molecular formula is C26H35N5O7S. The summed E-state index contributed by atoms with van der Waals surface area (Å²) in [6, 6.07) is 6.92. The van der Waals surface area contributed by atoms with Crippen molar-refractivity contribution < 1.29 is 34.3 Å². The van der Waals surface area contributed by atoms with Gasteiger partial charge >= 0.3 is 5.97 Å².